The second-order valence-corrected chi connectivity index (χ2v) is 7.41. The highest BCUT2D eigenvalue weighted by Gasteiger charge is 2.31. The van der Waals surface area contributed by atoms with Gasteiger partial charge in [-0.05, 0) is 44.3 Å². The molecule has 2 heterocycles. The maximum Gasteiger partial charge on any atom is 0.246 e. The molecule has 0 bridgehead atoms. The second-order valence-electron chi connectivity index (χ2n) is 4.10. The predicted octanol–water partition coefficient (Wildman–Crippen LogP) is 2.51. The van der Waals surface area contributed by atoms with Gasteiger partial charge in [0.15, 0.2) is 0 Å². The fraction of sp³-hybridized carbons (Fsp3) is 0.455. The van der Waals surface area contributed by atoms with Gasteiger partial charge in [-0.1, -0.05) is 0 Å². The second kappa shape index (κ2) is 5.81. The molecule has 0 saturated carbocycles. The van der Waals surface area contributed by atoms with E-state index in [9.17, 15) is 9.59 Å². The summed E-state index contributed by atoms with van der Waals surface area (Å²) in [5, 5.41) is 3.20. The molecule has 18 heavy (non-hydrogen) atoms. The van der Waals surface area contributed by atoms with Crippen LogP contribution in [0.4, 0.5) is 0 Å². The number of piperidine rings is 1. The Morgan fingerprint density at radius 3 is 2.83 bits per heavy atom. The third-order valence-electron chi connectivity index (χ3n) is 2.87. The summed E-state index contributed by atoms with van der Waals surface area (Å²) in [4.78, 5) is 25.5. The van der Waals surface area contributed by atoms with Crippen molar-refractivity contribution < 1.29 is 9.59 Å². The van der Waals surface area contributed by atoms with Gasteiger partial charge in [0.2, 0.25) is 11.8 Å². The van der Waals surface area contributed by atoms with Crippen molar-refractivity contribution in [1.29, 1.82) is 0 Å². The van der Waals surface area contributed by atoms with E-state index in [1.807, 2.05) is 6.07 Å². The molecule has 2 rings (SSSR count). The number of likely N-dealkylation sites (N-methyl/N-ethyl adjacent to an activating group) is 1. The summed E-state index contributed by atoms with van der Waals surface area (Å²) in [5.74, 6) is -0.236. The molecule has 2 amide bonds. The van der Waals surface area contributed by atoms with Gasteiger partial charge >= 0.3 is 0 Å². The van der Waals surface area contributed by atoms with Gasteiger partial charge in [-0.15, -0.1) is 11.3 Å². The van der Waals surface area contributed by atoms with Crippen LogP contribution in [-0.2, 0) is 16.1 Å². The van der Waals surface area contributed by atoms with E-state index >= 15 is 0 Å². The molecule has 1 aromatic rings. The number of carbonyl (C=O) groups is 2. The average molecular weight is 396 g/mol. The number of nitrogens with one attached hydrogen (secondary N) is 1. The number of amides is 2. The summed E-state index contributed by atoms with van der Waals surface area (Å²) in [6.45, 7) is 0.632. The highest BCUT2D eigenvalue weighted by atomic mass is 79.9. The van der Waals surface area contributed by atoms with E-state index in [4.69, 9.17) is 0 Å². The van der Waals surface area contributed by atoms with Crippen LogP contribution < -0.4 is 5.32 Å². The molecule has 1 unspecified atom stereocenters. The number of rotatable bonds is 3. The highest BCUT2D eigenvalue weighted by molar-refractivity contribution is 9.13. The van der Waals surface area contributed by atoms with Crippen molar-refractivity contribution in [2.75, 3.05) is 7.05 Å². The fourth-order valence-electron chi connectivity index (χ4n) is 1.81. The number of hydrogen-bond acceptors (Lipinski definition) is 4. The van der Waals surface area contributed by atoms with E-state index in [0.717, 1.165) is 13.1 Å². The molecule has 1 fully saturated rings. The largest absolute Gasteiger partial charge is 0.301 e. The third-order valence-corrected chi connectivity index (χ3v) is 6.12. The Morgan fingerprint density at radius 2 is 2.22 bits per heavy atom. The summed E-state index contributed by atoms with van der Waals surface area (Å²) in [7, 11) is 1.54. The van der Waals surface area contributed by atoms with E-state index in [1.54, 1.807) is 11.3 Å². The first kappa shape index (κ1) is 14.2. The number of likely N-dealkylation sites (tertiary alicyclic amines) is 1. The summed E-state index contributed by atoms with van der Waals surface area (Å²) in [5.41, 5.74) is 0. The minimum atomic E-state index is -0.257. The van der Waals surface area contributed by atoms with Crippen molar-refractivity contribution in [3.63, 3.8) is 0 Å². The Bertz CT molecular complexity index is 470. The normalized spacial score (nSPS) is 20.6. The Hall–Kier alpha value is -0.240. The van der Waals surface area contributed by atoms with Crippen molar-refractivity contribution >= 4 is 55.0 Å². The Morgan fingerprint density at radius 1 is 1.50 bits per heavy atom. The summed E-state index contributed by atoms with van der Waals surface area (Å²) < 4.78 is 2.06. The maximum absolute atomic E-state index is 11.9. The van der Waals surface area contributed by atoms with Crippen LogP contribution >= 0.6 is 43.2 Å². The lowest BCUT2D eigenvalue weighted by Gasteiger charge is -2.28. The van der Waals surface area contributed by atoms with Crippen molar-refractivity contribution in [2.24, 2.45) is 0 Å². The number of thiophene rings is 1. The van der Waals surface area contributed by atoms with Crippen molar-refractivity contribution in [1.82, 2.24) is 10.2 Å². The molecule has 1 atom stereocenters. The fourth-order valence-corrected chi connectivity index (χ4v) is 3.94. The quantitative estimate of drug-likeness (QED) is 0.800. The van der Waals surface area contributed by atoms with Gasteiger partial charge in [-0.3, -0.25) is 14.5 Å². The molecule has 0 aliphatic carbocycles. The molecular weight excluding hydrogens is 384 g/mol. The van der Waals surface area contributed by atoms with Crippen LogP contribution in [0.1, 0.15) is 17.7 Å². The van der Waals surface area contributed by atoms with Crippen LogP contribution in [0.2, 0.25) is 0 Å². The molecule has 1 saturated heterocycles. The smallest absolute Gasteiger partial charge is 0.246 e. The van der Waals surface area contributed by atoms with Crippen molar-refractivity contribution in [3.8, 4) is 0 Å². The predicted molar refractivity (Wildman–Crippen MR) is 77.4 cm³/mol. The zero-order valence-corrected chi connectivity index (χ0v) is 13.7. The van der Waals surface area contributed by atoms with E-state index in [0.29, 0.717) is 19.4 Å². The number of nitrogens with zero attached hydrogens (tertiary/aromatic N) is 1. The lowest BCUT2D eigenvalue weighted by molar-refractivity contribution is -0.148. The van der Waals surface area contributed by atoms with Crippen molar-refractivity contribution in [2.45, 2.75) is 25.4 Å². The first-order chi connectivity index (χ1) is 8.49. The van der Waals surface area contributed by atoms with Crippen LogP contribution in [-0.4, -0.2) is 29.8 Å². The summed E-state index contributed by atoms with van der Waals surface area (Å²) in [6.07, 6.45) is 1.01. The van der Waals surface area contributed by atoms with Gasteiger partial charge in [0.05, 0.1) is 9.83 Å². The molecule has 4 nitrogen and oxygen atoms in total. The molecule has 0 radical (unpaired) electrons. The Labute approximate surface area is 126 Å². The molecule has 1 aromatic heterocycles. The molecule has 1 N–H and O–H groups in total. The van der Waals surface area contributed by atoms with Gasteiger partial charge in [-0.25, -0.2) is 0 Å². The first-order valence-corrected chi connectivity index (χ1v) is 7.86. The van der Waals surface area contributed by atoms with E-state index < -0.39 is 0 Å². The van der Waals surface area contributed by atoms with Gasteiger partial charge in [0, 0.05) is 29.4 Å². The zero-order chi connectivity index (χ0) is 13.3. The average Bonchev–Trinajstić information content (AvgIpc) is 2.65. The SMILES string of the molecule is CN1C(=O)CCC(NCc2cc(Br)c(Br)s2)C1=O. The zero-order valence-electron chi connectivity index (χ0n) is 9.70. The maximum atomic E-state index is 11.9. The first-order valence-electron chi connectivity index (χ1n) is 5.46. The molecule has 1 aliphatic heterocycles. The Kier molecular flexibility index (Phi) is 4.58. The summed E-state index contributed by atoms with van der Waals surface area (Å²) >= 11 is 8.48. The minimum absolute atomic E-state index is 0.0975. The third kappa shape index (κ3) is 3.01. The molecular formula is C11H12Br2N2O2S. The number of hydrogen-bond donors (Lipinski definition) is 1. The van der Waals surface area contributed by atoms with Gasteiger partial charge in [0.25, 0.3) is 0 Å². The van der Waals surface area contributed by atoms with Gasteiger partial charge < -0.3 is 5.32 Å². The topological polar surface area (TPSA) is 49.4 Å². The van der Waals surface area contributed by atoms with E-state index in [2.05, 4.69) is 37.2 Å². The number of carbonyl (C=O) groups excluding carboxylic acids is 2. The van der Waals surface area contributed by atoms with Crippen LogP contribution in [0, 0.1) is 0 Å². The van der Waals surface area contributed by atoms with E-state index in [1.165, 1.54) is 11.9 Å². The highest BCUT2D eigenvalue weighted by Crippen LogP contribution is 2.32. The van der Waals surface area contributed by atoms with Crippen LogP contribution in [0.5, 0.6) is 0 Å². The van der Waals surface area contributed by atoms with Crippen LogP contribution in [0.15, 0.2) is 14.3 Å². The van der Waals surface area contributed by atoms with Crippen LogP contribution in [0.3, 0.4) is 0 Å². The molecule has 7 heteroatoms. The molecule has 0 spiro atoms. The lowest BCUT2D eigenvalue weighted by Crippen LogP contribution is -2.51. The minimum Gasteiger partial charge on any atom is -0.301 e. The van der Waals surface area contributed by atoms with Gasteiger partial charge in [-0.2, -0.15) is 0 Å². The van der Waals surface area contributed by atoms with Crippen LogP contribution in [0.25, 0.3) is 0 Å². The van der Waals surface area contributed by atoms with Crippen molar-refractivity contribution in [3.05, 3.63) is 19.2 Å². The number of halogens is 2. The van der Waals surface area contributed by atoms with E-state index in [-0.39, 0.29) is 17.9 Å². The molecule has 0 aromatic carbocycles. The molecule has 98 valence electrons. The number of imide groups is 1. The monoisotopic (exact) mass is 394 g/mol. The van der Waals surface area contributed by atoms with Gasteiger partial charge in [0.1, 0.15) is 0 Å². The lowest BCUT2D eigenvalue weighted by atomic mass is 10.0. The standard InChI is InChI=1S/C11H12Br2N2O2S/c1-15-9(16)3-2-8(11(15)17)14-5-6-4-7(12)10(13)18-6/h4,8,14H,2-3,5H2,1H3. The summed E-state index contributed by atoms with van der Waals surface area (Å²) in [6, 6.07) is 1.76. The molecule has 1 aliphatic rings. The Balaban J connectivity index is 1.94.